The number of aliphatic carboxylic acids is 1. The van der Waals surface area contributed by atoms with E-state index in [1.54, 1.807) is 0 Å². The number of carbonyl (C=O) groups is 1. The van der Waals surface area contributed by atoms with Gasteiger partial charge in [0.25, 0.3) is 0 Å². The molecule has 0 aromatic heterocycles. The molecule has 0 fully saturated rings. The minimum absolute atomic E-state index is 0.484. The second kappa shape index (κ2) is 5.70. The maximum atomic E-state index is 11.5. The maximum absolute atomic E-state index is 11.5. The van der Waals surface area contributed by atoms with E-state index in [1.165, 1.54) is 5.56 Å². The topological polar surface area (TPSA) is 37.3 Å². The molecule has 1 N–H and O–H groups in total. The molecule has 0 heterocycles. The Morgan fingerprint density at radius 3 is 2.32 bits per heavy atom. The van der Waals surface area contributed by atoms with Crippen molar-refractivity contribution >= 4 is 5.97 Å². The molecule has 2 aromatic carbocycles. The van der Waals surface area contributed by atoms with Gasteiger partial charge >= 0.3 is 5.97 Å². The molecule has 0 amide bonds. The highest BCUT2D eigenvalue weighted by Gasteiger charge is 2.20. The van der Waals surface area contributed by atoms with E-state index in [0.717, 1.165) is 16.7 Å². The van der Waals surface area contributed by atoms with E-state index in [1.807, 2.05) is 62.4 Å². The van der Waals surface area contributed by atoms with E-state index >= 15 is 0 Å². The largest absolute Gasteiger partial charge is 0.481 e. The average molecular weight is 254 g/mol. The second-order valence-electron chi connectivity index (χ2n) is 4.99. The summed E-state index contributed by atoms with van der Waals surface area (Å²) in [5.74, 6) is -1.26. The van der Waals surface area contributed by atoms with Gasteiger partial charge in [-0.25, -0.2) is 0 Å². The van der Waals surface area contributed by atoms with Crippen LogP contribution >= 0.6 is 0 Å². The van der Waals surface area contributed by atoms with E-state index < -0.39 is 11.9 Å². The van der Waals surface area contributed by atoms with Gasteiger partial charge in [-0.2, -0.15) is 0 Å². The van der Waals surface area contributed by atoms with Gasteiger partial charge in [0.2, 0.25) is 0 Å². The zero-order valence-corrected chi connectivity index (χ0v) is 11.3. The highest BCUT2D eigenvalue weighted by Crippen LogP contribution is 2.22. The minimum atomic E-state index is -0.772. The van der Waals surface area contributed by atoms with Crippen LogP contribution in [0.1, 0.15) is 28.2 Å². The van der Waals surface area contributed by atoms with Crippen LogP contribution in [0.2, 0.25) is 0 Å². The molecule has 2 aromatic rings. The standard InChI is InChI=1S/C17H18O2/c1-12-6-8-14(9-7-12)11-16(17(18)19)15-5-3-4-13(2)10-15/h3-10,16H,11H2,1-2H3,(H,18,19). The number of carboxylic acid groups (broad SMARTS) is 1. The summed E-state index contributed by atoms with van der Waals surface area (Å²) >= 11 is 0. The molecule has 19 heavy (non-hydrogen) atoms. The Balaban J connectivity index is 2.26. The summed E-state index contributed by atoms with van der Waals surface area (Å²) < 4.78 is 0. The summed E-state index contributed by atoms with van der Waals surface area (Å²) in [6, 6.07) is 15.8. The first-order valence-electron chi connectivity index (χ1n) is 6.41. The Kier molecular flexibility index (Phi) is 4.00. The highest BCUT2D eigenvalue weighted by atomic mass is 16.4. The van der Waals surface area contributed by atoms with Crippen LogP contribution in [0.15, 0.2) is 48.5 Å². The number of aryl methyl sites for hydroxylation is 2. The minimum Gasteiger partial charge on any atom is -0.481 e. The summed E-state index contributed by atoms with van der Waals surface area (Å²) in [6.07, 6.45) is 0.527. The second-order valence-corrected chi connectivity index (χ2v) is 4.99. The van der Waals surface area contributed by atoms with Crippen LogP contribution in [0.25, 0.3) is 0 Å². The lowest BCUT2D eigenvalue weighted by molar-refractivity contribution is -0.138. The van der Waals surface area contributed by atoms with Crippen LogP contribution in [-0.2, 0) is 11.2 Å². The smallest absolute Gasteiger partial charge is 0.311 e. The molecule has 0 saturated heterocycles. The molecular weight excluding hydrogens is 236 g/mol. The highest BCUT2D eigenvalue weighted by molar-refractivity contribution is 5.76. The molecule has 2 nitrogen and oxygen atoms in total. The maximum Gasteiger partial charge on any atom is 0.311 e. The quantitative estimate of drug-likeness (QED) is 0.903. The summed E-state index contributed by atoms with van der Waals surface area (Å²) in [5.41, 5.74) is 4.20. The van der Waals surface area contributed by atoms with Crippen molar-refractivity contribution in [3.8, 4) is 0 Å². The molecular formula is C17H18O2. The first-order valence-corrected chi connectivity index (χ1v) is 6.41. The Morgan fingerprint density at radius 2 is 1.74 bits per heavy atom. The fourth-order valence-corrected chi connectivity index (χ4v) is 2.19. The molecule has 0 bridgehead atoms. The molecule has 1 unspecified atom stereocenters. The van der Waals surface area contributed by atoms with Gasteiger partial charge in [0.1, 0.15) is 0 Å². The van der Waals surface area contributed by atoms with E-state index in [0.29, 0.717) is 6.42 Å². The van der Waals surface area contributed by atoms with Crippen molar-refractivity contribution < 1.29 is 9.90 Å². The molecule has 0 radical (unpaired) electrons. The Labute approximate surface area is 113 Å². The van der Waals surface area contributed by atoms with Crippen molar-refractivity contribution in [2.24, 2.45) is 0 Å². The number of hydrogen-bond donors (Lipinski definition) is 1. The normalized spacial score (nSPS) is 12.1. The molecule has 0 saturated carbocycles. The van der Waals surface area contributed by atoms with Crippen molar-refractivity contribution in [1.82, 2.24) is 0 Å². The third kappa shape index (κ3) is 3.44. The number of carboxylic acids is 1. The van der Waals surface area contributed by atoms with Gasteiger partial charge in [0.15, 0.2) is 0 Å². The fraction of sp³-hybridized carbons (Fsp3) is 0.235. The molecule has 0 aliphatic heterocycles. The van der Waals surface area contributed by atoms with Crippen LogP contribution in [0.3, 0.4) is 0 Å². The van der Waals surface area contributed by atoms with E-state index in [9.17, 15) is 9.90 Å². The zero-order valence-electron chi connectivity index (χ0n) is 11.3. The molecule has 0 spiro atoms. The molecule has 98 valence electrons. The first-order chi connectivity index (χ1) is 9.06. The third-order valence-corrected chi connectivity index (χ3v) is 3.30. The molecule has 0 aliphatic rings. The predicted octanol–water partition coefficient (Wildman–Crippen LogP) is 3.71. The summed E-state index contributed by atoms with van der Waals surface area (Å²) in [4.78, 5) is 11.5. The van der Waals surface area contributed by atoms with Gasteiger partial charge in [0.05, 0.1) is 5.92 Å². The fourth-order valence-electron chi connectivity index (χ4n) is 2.19. The number of benzene rings is 2. The van der Waals surface area contributed by atoms with Gasteiger partial charge in [-0.05, 0) is 31.4 Å². The number of rotatable bonds is 4. The van der Waals surface area contributed by atoms with Crippen molar-refractivity contribution in [3.05, 3.63) is 70.8 Å². The predicted molar refractivity (Wildman–Crippen MR) is 76.4 cm³/mol. The zero-order chi connectivity index (χ0) is 13.8. The van der Waals surface area contributed by atoms with Crippen LogP contribution in [0, 0.1) is 13.8 Å². The molecule has 0 aliphatic carbocycles. The van der Waals surface area contributed by atoms with Crippen LogP contribution in [0.5, 0.6) is 0 Å². The van der Waals surface area contributed by atoms with E-state index in [4.69, 9.17) is 0 Å². The third-order valence-electron chi connectivity index (χ3n) is 3.30. The van der Waals surface area contributed by atoms with Crippen molar-refractivity contribution in [2.75, 3.05) is 0 Å². The Bertz CT molecular complexity index is 570. The average Bonchev–Trinajstić information content (AvgIpc) is 2.37. The summed E-state index contributed by atoms with van der Waals surface area (Å²) in [6.45, 7) is 4.01. The van der Waals surface area contributed by atoms with Crippen LogP contribution in [0.4, 0.5) is 0 Å². The number of hydrogen-bond acceptors (Lipinski definition) is 1. The van der Waals surface area contributed by atoms with Crippen molar-refractivity contribution in [3.63, 3.8) is 0 Å². The summed E-state index contributed by atoms with van der Waals surface area (Å²) in [7, 11) is 0. The van der Waals surface area contributed by atoms with Crippen molar-refractivity contribution in [1.29, 1.82) is 0 Å². The van der Waals surface area contributed by atoms with Gasteiger partial charge in [0, 0.05) is 0 Å². The van der Waals surface area contributed by atoms with E-state index in [-0.39, 0.29) is 0 Å². The SMILES string of the molecule is Cc1ccc(CC(C(=O)O)c2cccc(C)c2)cc1. The van der Waals surface area contributed by atoms with Crippen molar-refractivity contribution in [2.45, 2.75) is 26.2 Å². The molecule has 2 heteroatoms. The molecule has 2 rings (SSSR count). The summed E-state index contributed by atoms with van der Waals surface area (Å²) in [5, 5.41) is 9.43. The van der Waals surface area contributed by atoms with Crippen LogP contribution < -0.4 is 0 Å². The lowest BCUT2D eigenvalue weighted by Crippen LogP contribution is -2.14. The lowest BCUT2D eigenvalue weighted by Gasteiger charge is -2.13. The first kappa shape index (κ1) is 13.3. The van der Waals surface area contributed by atoms with E-state index in [2.05, 4.69) is 0 Å². The van der Waals surface area contributed by atoms with Gasteiger partial charge in [-0.1, -0.05) is 59.7 Å². The Morgan fingerprint density at radius 1 is 1.05 bits per heavy atom. The van der Waals surface area contributed by atoms with Crippen LogP contribution in [-0.4, -0.2) is 11.1 Å². The van der Waals surface area contributed by atoms with Gasteiger partial charge < -0.3 is 5.11 Å². The molecule has 1 atom stereocenters. The Hall–Kier alpha value is -2.09. The van der Waals surface area contributed by atoms with Gasteiger partial charge in [-0.3, -0.25) is 4.79 Å². The lowest BCUT2D eigenvalue weighted by atomic mass is 9.91. The van der Waals surface area contributed by atoms with Gasteiger partial charge in [-0.15, -0.1) is 0 Å². The monoisotopic (exact) mass is 254 g/mol.